The number of benzene rings is 1. The number of ether oxygens (including phenoxy) is 1. The molecule has 0 bridgehead atoms. The number of carboxylic acids is 1. The lowest BCUT2D eigenvalue weighted by Crippen LogP contribution is -2.03. The molecule has 0 fully saturated rings. The van der Waals surface area contributed by atoms with Gasteiger partial charge in [-0.25, -0.2) is 4.79 Å². The van der Waals surface area contributed by atoms with Crippen LogP contribution in [0, 0.1) is 0 Å². The molecule has 1 aromatic rings. The Kier molecular flexibility index (Phi) is 16.3. The fourth-order valence-electron chi connectivity index (χ4n) is 3.78. The van der Waals surface area contributed by atoms with Crippen LogP contribution in [-0.2, 0) is 10.8 Å². The van der Waals surface area contributed by atoms with Crippen LogP contribution < -0.4 is 4.74 Å². The Morgan fingerprint density at radius 3 is 1.65 bits per heavy atom. The van der Waals surface area contributed by atoms with E-state index >= 15 is 0 Å². The van der Waals surface area contributed by atoms with Crippen molar-refractivity contribution in [3.05, 3.63) is 23.8 Å². The molecule has 1 N–H and O–H groups in total. The second-order valence-electron chi connectivity index (χ2n) is 8.60. The summed E-state index contributed by atoms with van der Waals surface area (Å²) in [6.07, 6.45) is 22.8. The molecule has 0 aliphatic rings. The average molecular weight is 453 g/mol. The first kappa shape index (κ1) is 27.7. The summed E-state index contributed by atoms with van der Waals surface area (Å²) in [6, 6.07) is 4.63. The summed E-state index contributed by atoms with van der Waals surface area (Å²) in [4.78, 5) is 11.7. The molecule has 0 aliphatic heterocycles. The van der Waals surface area contributed by atoms with Crippen molar-refractivity contribution in [1.82, 2.24) is 0 Å². The number of carboxylic acid groups (broad SMARTS) is 1. The van der Waals surface area contributed by atoms with E-state index < -0.39 is 16.8 Å². The van der Waals surface area contributed by atoms with Crippen LogP contribution in [0.2, 0.25) is 0 Å². The molecule has 0 aliphatic carbocycles. The Morgan fingerprint density at radius 2 is 1.23 bits per heavy atom. The molecule has 178 valence electrons. The van der Waals surface area contributed by atoms with Gasteiger partial charge in [0, 0.05) is 22.0 Å². The molecule has 1 unspecified atom stereocenters. The topological polar surface area (TPSA) is 63.6 Å². The van der Waals surface area contributed by atoms with E-state index in [9.17, 15) is 14.1 Å². The van der Waals surface area contributed by atoms with Crippen molar-refractivity contribution in [1.29, 1.82) is 0 Å². The highest BCUT2D eigenvalue weighted by molar-refractivity contribution is 7.84. The third kappa shape index (κ3) is 14.3. The van der Waals surface area contributed by atoms with Crippen LogP contribution in [0.25, 0.3) is 0 Å². The van der Waals surface area contributed by atoms with Gasteiger partial charge in [0.2, 0.25) is 0 Å². The van der Waals surface area contributed by atoms with Gasteiger partial charge in [-0.2, -0.15) is 0 Å². The van der Waals surface area contributed by atoms with Gasteiger partial charge in [0.25, 0.3) is 0 Å². The molecule has 31 heavy (non-hydrogen) atoms. The second kappa shape index (κ2) is 18.2. The smallest absolute Gasteiger partial charge is 0.335 e. The van der Waals surface area contributed by atoms with Crippen LogP contribution in [0.15, 0.2) is 23.1 Å². The number of aromatic carboxylic acids is 1. The number of rotatable bonds is 20. The summed E-state index contributed by atoms with van der Waals surface area (Å²) in [5.41, 5.74) is 0.120. The highest BCUT2D eigenvalue weighted by atomic mass is 32.2. The van der Waals surface area contributed by atoms with E-state index in [-0.39, 0.29) is 5.56 Å². The summed E-state index contributed by atoms with van der Waals surface area (Å²) in [5.74, 6) is -0.536. The van der Waals surface area contributed by atoms with Crippen LogP contribution in [0.3, 0.4) is 0 Å². The molecule has 1 aromatic carbocycles. The minimum atomic E-state index is -1.23. The summed E-state index contributed by atoms with van der Waals surface area (Å²) in [6.45, 7) is 2.84. The fourth-order valence-corrected chi connectivity index (χ4v) is 4.36. The van der Waals surface area contributed by atoms with Crippen LogP contribution in [0.1, 0.15) is 120 Å². The molecule has 0 saturated heterocycles. The zero-order valence-electron chi connectivity index (χ0n) is 19.8. The highest BCUT2D eigenvalue weighted by Gasteiger charge is 2.10. The largest absolute Gasteiger partial charge is 0.494 e. The van der Waals surface area contributed by atoms with Gasteiger partial charge in [-0.3, -0.25) is 4.21 Å². The molecule has 0 saturated carbocycles. The Morgan fingerprint density at radius 1 is 0.774 bits per heavy atom. The highest BCUT2D eigenvalue weighted by Crippen LogP contribution is 2.20. The normalized spacial score (nSPS) is 12.1. The molecule has 0 heterocycles. The lowest BCUT2D eigenvalue weighted by Gasteiger charge is -2.09. The summed E-state index contributed by atoms with van der Waals surface area (Å²) in [5, 5.41) is 9.18. The van der Waals surface area contributed by atoms with E-state index in [4.69, 9.17) is 4.74 Å². The van der Waals surface area contributed by atoms with E-state index in [1.54, 1.807) is 12.3 Å². The molecule has 5 heteroatoms. The van der Waals surface area contributed by atoms with E-state index in [0.717, 1.165) is 12.8 Å². The lowest BCUT2D eigenvalue weighted by molar-refractivity contribution is 0.0696. The number of unbranched alkanes of at least 4 members (excludes halogenated alkanes) is 15. The minimum absolute atomic E-state index is 0.120. The van der Waals surface area contributed by atoms with Gasteiger partial charge in [-0.05, 0) is 24.6 Å². The third-order valence-corrected chi connectivity index (χ3v) is 6.63. The van der Waals surface area contributed by atoms with Gasteiger partial charge in [0.15, 0.2) is 0 Å². The predicted molar refractivity (Wildman–Crippen MR) is 131 cm³/mol. The van der Waals surface area contributed by atoms with Crippen LogP contribution >= 0.6 is 0 Å². The maximum absolute atomic E-state index is 11.7. The lowest BCUT2D eigenvalue weighted by atomic mass is 10.0. The fraction of sp³-hybridized carbons (Fsp3) is 0.731. The van der Waals surface area contributed by atoms with Gasteiger partial charge < -0.3 is 9.84 Å². The van der Waals surface area contributed by atoms with Crippen molar-refractivity contribution in [3.8, 4) is 5.75 Å². The molecule has 0 spiro atoms. The zero-order chi connectivity index (χ0) is 22.7. The number of hydrogen-bond donors (Lipinski definition) is 1. The van der Waals surface area contributed by atoms with Gasteiger partial charge in [0.1, 0.15) is 5.75 Å². The molecule has 0 radical (unpaired) electrons. The molecule has 0 aromatic heterocycles. The Labute approximate surface area is 192 Å². The van der Waals surface area contributed by atoms with Crippen molar-refractivity contribution < 1.29 is 18.8 Å². The van der Waals surface area contributed by atoms with Crippen molar-refractivity contribution in [3.63, 3.8) is 0 Å². The van der Waals surface area contributed by atoms with E-state index in [1.165, 1.54) is 102 Å². The standard InChI is InChI=1S/C26H44O4S/c1-3-4-5-6-7-8-9-10-11-12-13-14-15-16-17-18-19-30-24-20-23(26(27)28)21-25(22-24)31(2)29/h20-22H,3-19H2,1-2H3,(H,27,28). The van der Waals surface area contributed by atoms with Crippen molar-refractivity contribution in [2.45, 2.75) is 115 Å². The summed E-state index contributed by atoms with van der Waals surface area (Å²) >= 11 is 0. The number of carbonyl (C=O) groups is 1. The van der Waals surface area contributed by atoms with E-state index in [2.05, 4.69) is 6.92 Å². The quantitative estimate of drug-likeness (QED) is 0.205. The molecule has 1 rings (SSSR count). The number of hydrogen-bond acceptors (Lipinski definition) is 3. The van der Waals surface area contributed by atoms with Crippen LogP contribution in [-0.4, -0.2) is 28.1 Å². The molecular weight excluding hydrogens is 408 g/mol. The van der Waals surface area contributed by atoms with Crippen molar-refractivity contribution in [2.75, 3.05) is 12.9 Å². The van der Waals surface area contributed by atoms with Crippen LogP contribution in [0.4, 0.5) is 0 Å². The van der Waals surface area contributed by atoms with Crippen molar-refractivity contribution in [2.24, 2.45) is 0 Å². The Hall–Kier alpha value is -1.36. The minimum Gasteiger partial charge on any atom is -0.494 e. The molecule has 0 amide bonds. The average Bonchev–Trinajstić information content (AvgIpc) is 2.75. The van der Waals surface area contributed by atoms with Gasteiger partial charge >= 0.3 is 5.97 Å². The SMILES string of the molecule is CCCCCCCCCCCCCCCCCCOc1cc(C(=O)O)cc(S(C)=O)c1. The summed E-state index contributed by atoms with van der Waals surface area (Å²) in [7, 11) is -1.23. The third-order valence-electron chi connectivity index (χ3n) is 5.73. The maximum Gasteiger partial charge on any atom is 0.335 e. The molecule has 4 nitrogen and oxygen atoms in total. The maximum atomic E-state index is 11.7. The first-order chi connectivity index (χ1) is 15.0. The van der Waals surface area contributed by atoms with Crippen LogP contribution in [0.5, 0.6) is 5.75 Å². The summed E-state index contributed by atoms with van der Waals surface area (Å²) < 4.78 is 17.4. The zero-order valence-corrected chi connectivity index (χ0v) is 20.6. The van der Waals surface area contributed by atoms with E-state index in [0.29, 0.717) is 17.3 Å². The van der Waals surface area contributed by atoms with Gasteiger partial charge in [-0.15, -0.1) is 0 Å². The Balaban J connectivity index is 1.97. The predicted octanol–water partition coefficient (Wildman–Crippen LogP) is 7.76. The van der Waals surface area contributed by atoms with Gasteiger partial charge in [0.05, 0.1) is 12.2 Å². The first-order valence-electron chi connectivity index (χ1n) is 12.4. The molecule has 1 atom stereocenters. The van der Waals surface area contributed by atoms with E-state index in [1.807, 2.05) is 0 Å². The monoisotopic (exact) mass is 452 g/mol. The molecular formula is C26H44O4S. The Bertz CT molecular complexity index is 598. The first-order valence-corrected chi connectivity index (χ1v) is 13.9. The van der Waals surface area contributed by atoms with Crippen molar-refractivity contribution >= 4 is 16.8 Å². The second-order valence-corrected chi connectivity index (χ2v) is 9.98. The van der Waals surface area contributed by atoms with Gasteiger partial charge in [-0.1, -0.05) is 103 Å².